The van der Waals surface area contributed by atoms with Crippen molar-refractivity contribution in [2.75, 3.05) is 18.8 Å². The lowest BCUT2D eigenvalue weighted by molar-refractivity contribution is -0.124. The Hall–Kier alpha value is -1.40. The summed E-state index contributed by atoms with van der Waals surface area (Å²) in [6.07, 6.45) is 2.67. The molecule has 1 atom stereocenters. The Morgan fingerprint density at radius 3 is 2.60 bits per heavy atom. The van der Waals surface area contributed by atoms with Crippen molar-refractivity contribution in [3.8, 4) is 0 Å². The zero-order valence-electron chi connectivity index (χ0n) is 11.4. The van der Waals surface area contributed by atoms with Crippen LogP contribution in [0.15, 0.2) is 35.2 Å². The number of hydrogen-bond acceptors (Lipinski definition) is 4. The Balaban J connectivity index is 2.02. The third kappa shape index (κ3) is 3.58. The van der Waals surface area contributed by atoms with E-state index in [1.165, 1.54) is 0 Å². The van der Waals surface area contributed by atoms with Crippen molar-refractivity contribution in [1.29, 1.82) is 0 Å². The van der Waals surface area contributed by atoms with E-state index in [0.717, 1.165) is 25.8 Å². The predicted molar refractivity (Wildman–Crippen MR) is 76.9 cm³/mol. The fourth-order valence-electron chi connectivity index (χ4n) is 2.56. The van der Waals surface area contributed by atoms with E-state index in [4.69, 9.17) is 5.73 Å². The molecule has 2 N–H and O–H groups in total. The van der Waals surface area contributed by atoms with E-state index in [-0.39, 0.29) is 17.7 Å². The Morgan fingerprint density at radius 2 is 1.95 bits per heavy atom. The second-order valence-corrected chi connectivity index (χ2v) is 7.19. The van der Waals surface area contributed by atoms with Gasteiger partial charge in [0.2, 0.25) is 5.91 Å². The smallest absolute Gasteiger partial charge is 0.234 e. The lowest BCUT2D eigenvalue weighted by Crippen LogP contribution is -2.49. The van der Waals surface area contributed by atoms with Crippen LogP contribution in [0.3, 0.4) is 0 Å². The van der Waals surface area contributed by atoms with Crippen LogP contribution in [0.5, 0.6) is 0 Å². The van der Waals surface area contributed by atoms with Crippen molar-refractivity contribution in [2.24, 2.45) is 5.73 Å². The first kappa shape index (κ1) is 15.0. The van der Waals surface area contributed by atoms with Gasteiger partial charge in [0.1, 0.15) is 0 Å². The maximum atomic E-state index is 12.2. The molecule has 1 heterocycles. The molecular weight excluding hydrogens is 276 g/mol. The van der Waals surface area contributed by atoms with E-state index >= 15 is 0 Å². The van der Waals surface area contributed by atoms with Gasteiger partial charge in [-0.3, -0.25) is 9.69 Å². The molecule has 6 heteroatoms. The molecule has 110 valence electrons. The molecule has 5 nitrogen and oxygen atoms in total. The van der Waals surface area contributed by atoms with Crippen molar-refractivity contribution in [2.45, 2.75) is 30.2 Å². The third-order valence-electron chi connectivity index (χ3n) is 3.69. The standard InChI is InChI=1S/C14H20N2O3S/c15-14(17)13-8-4-5-9-16(13)10-11-20(18,19)12-6-2-1-3-7-12/h1-3,6-7,13H,4-5,8-11H2,(H2,15,17)/t13-/m0/s1. The molecule has 1 aliphatic rings. The Kier molecular flexibility index (Phi) is 4.77. The molecule has 1 aromatic rings. The molecule has 2 rings (SSSR count). The fourth-order valence-corrected chi connectivity index (χ4v) is 3.85. The summed E-state index contributed by atoms with van der Waals surface area (Å²) in [6, 6.07) is 8.07. The summed E-state index contributed by atoms with van der Waals surface area (Å²) in [5, 5.41) is 0. The second kappa shape index (κ2) is 6.37. The number of hydrogen-bond donors (Lipinski definition) is 1. The number of benzene rings is 1. The summed E-state index contributed by atoms with van der Waals surface area (Å²) in [4.78, 5) is 13.6. The first-order valence-electron chi connectivity index (χ1n) is 6.82. The predicted octanol–water partition coefficient (Wildman–Crippen LogP) is 0.800. The average Bonchev–Trinajstić information content (AvgIpc) is 2.46. The Morgan fingerprint density at radius 1 is 1.25 bits per heavy atom. The molecule has 0 spiro atoms. The summed E-state index contributed by atoms with van der Waals surface area (Å²) in [5.41, 5.74) is 5.38. The van der Waals surface area contributed by atoms with Gasteiger partial charge in [0.25, 0.3) is 0 Å². The van der Waals surface area contributed by atoms with Gasteiger partial charge < -0.3 is 5.73 Å². The summed E-state index contributed by atoms with van der Waals surface area (Å²) in [6.45, 7) is 1.09. The summed E-state index contributed by atoms with van der Waals surface area (Å²) in [5.74, 6) is -0.345. The van der Waals surface area contributed by atoms with E-state index in [0.29, 0.717) is 11.4 Å². The number of likely N-dealkylation sites (tertiary alicyclic amines) is 1. The first-order valence-corrected chi connectivity index (χ1v) is 8.47. The van der Waals surface area contributed by atoms with E-state index in [2.05, 4.69) is 0 Å². The third-order valence-corrected chi connectivity index (χ3v) is 5.40. The second-order valence-electron chi connectivity index (χ2n) is 5.08. The fraction of sp³-hybridized carbons (Fsp3) is 0.500. The molecule has 1 aliphatic heterocycles. The SMILES string of the molecule is NC(=O)[C@@H]1CCCCN1CCS(=O)(=O)c1ccccc1. The van der Waals surface area contributed by atoms with Crippen LogP contribution in [-0.2, 0) is 14.6 Å². The van der Waals surface area contributed by atoms with Crippen LogP contribution in [0.4, 0.5) is 0 Å². The molecule has 0 unspecified atom stereocenters. The Labute approximate surface area is 119 Å². The van der Waals surface area contributed by atoms with Crippen LogP contribution < -0.4 is 5.73 Å². The van der Waals surface area contributed by atoms with Crippen molar-refractivity contribution < 1.29 is 13.2 Å². The molecule has 1 aromatic carbocycles. The normalized spacial score (nSPS) is 20.7. The van der Waals surface area contributed by atoms with E-state index in [1.54, 1.807) is 30.3 Å². The van der Waals surface area contributed by atoms with Crippen LogP contribution in [0, 0.1) is 0 Å². The number of piperidine rings is 1. The summed E-state index contributed by atoms with van der Waals surface area (Å²) in [7, 11) is -3.30. The topological polar surface area (TPSA) is 80.5 Å². The molecule has 0 aromatic heterocycles. The molecule has 0 radical (unpaired) electrons. The number of sulfone groups is 1. The number of nitrogens with zero attached hydrogens (tertiary/aromatic N) is 1. The number of amides is 1. The first-order chi connectivity index (χ1) is 9.50. The molecule has 0 bridgehead atoms. The van der Waals surface area contributed by atoms with Crippen LogP contribution in [-0.4, -0.2) is 44.1 Å². The highest BCUT2D eigenvalue weighted by molar-refractivity contribution is 7.91. The van der Waals surface area contributed by atoms with Gasteiger partial charge >= 0.3 is 0 Å². The number of primary amides is 1. The van der Waals surface area contributed by atoms with Gasteiger partial charge in [-0.25, -0.2) is 8.42 Å². The zero-order chi connectivity index (χ0) is 14.6. The van der Waals surface area contributed by atoms with Gasteiger partial charge in [-0.2, -0.15) is 0 Å². The van der Waals surface area contributed by atoms with Crippen LogP contribution in [0.1, 0.15) is 19.3 Å². The highest BCUT2D eigenvalue weighted by Gasteiger charge is 2.28. The highest BCUT2D eigenvalue weighted by Crippen LogP contribution is 2.18. The minimum Gasteiger partial charge on any atom is -0.368 e. The number of rotatable bonds is 5. The lowest BCUT2D eigenvalue weighted by atomic mass is 10.0. The zero-order valence-corrected chi connectivity index (χ0v) is 12.2. The van der Waals surface area contributed by atoms with Crippen LogP contribution >= 0.6 is 0 Å². The van der Waals surface area contributed by atoms with Gasteiger partial charge in [0, 0.05) is 6.54 Å². The number of carbonyl (C=O) groups excluding carboxylic acids is 1. The quantitative estimate of drug-likeness (QED) is 0.871. The molecular formula is C14H20N2O3S. The highest BCUT2D eigenvalue weighted by atomic mass is 32.2. The molecule has 1 saturated heterocycles. The van der Waals surface area contributed by atoms with Crippen molar-refractivity contribution >= 4 is 15.7 Å². The molecule has 0 saturated carbocycles. The maximum Gasteiger partial charge on any atom is 0.234 e. The average molecular weight is 296 g/mol. The summed E-state index contributed by atoms with van der Waals surface area (Å²) >= 11 is 0. The van der Waals surface area contributed by atoms with E-state index in [1.807, 2.05) is 4.90 Å². The van der Waals surface area contributed by atoms with Gasteiger partial charge in [0.05, 0.1) is 16.7 Å². The van der Waals surface area contributed by atoms with Crippen molar-refractivity contribution in [1.82, 2.24) is 4.90 Å². The molecule has 1 fully saturated rings. The monoisotopic (exact) mass is 296 g/mol. The maximum absolute atomic E-state index is 12.2. The minimum absolute atomic E-state index is 0.0147. The number of carbonyl (C=O) groups is 1. The largest absolute Gasteiger partial charge is 0.368 e. The van der Waals surface area contributed by atoms with Crippen molar-refractivity contribution in [3.63, 3.8) is 0 Å². The molecule has 20 heavy (non-hydrogen) atoms. The molecule has 0 aliphatic carbocycles. The lowest BCUT2D eigenvalue weighted by Gasteiger charge is -2.33. The van der Waals surface area contributed by atoms with Crippen molar-refractivity contribution in [3.05, 3.63) is 30.3 Å². The molecule has 1 amide bonds. The van der Waals surface area contributed by atoms with Gasteiger partial charge in [0.15, 0.2) is 9.84 Å². The van der Waals surface area contributed by atoms with Gasteiger partial charge in [-0.15, -0.1) is 0 Å². The van der Waals surface area contributed by atoms with Gasteiger partial charge in [-0.1, -0.05) is 24.6 Å². The number of nitrogens with two attached hydrogens (primary N) is 1. The van der Waals surface area contributed by atoms with Gasteiger partial charge in [-0.05, 0) is 31.5 Å². The van der Waals surface area contributed by atoms with Crippen LogP contribution in [0.25, 0.3) is 0 Å². The van der Waals surface area contributed by atoms with E-state index < -0.39 is 9.84 Å². The minimum atomic E-state index is -3.30. The van der Waals surface area contributed by atoms with E-state index in [9.17, 15) is 13.2 Å². The Bertz CT molecular complexity index is 557. The summed E-state index contributed by atoms with van der Waals surface area (Å²) < 4.78 is 24.4. The van der Waals surface area contributed by atoms with Crippen LogP contribution in [0.2, 0.25) is 0 Å².